The van der Waals surface area contributed by atoms with Crippen molar-refractivity contribution in [3.63, 3.8) is 0 Å². The number of para-hydroxylation sites is 1. The molecule has 1 fully saturated rings. The number of aromatic nitrogens is 4. The van der Waals surface area contributed by atoms with E-state index >= 15 is 0 Å². The van der Waals surface area contributed by atoms with Crippen molar-refractivity contribution in [1.82, 2.24) is 29.4 Å². The molecule has 1 aliphatic heterocycles. The van der Waals surface area contributed by atoms with Crippen molar-refractivity contribution in [2.45, 2.75) is 25.2 Å². The number of carbonyl (C=O) groups is 2. The quantitative estimate of drug-likeness (QED) is 0.539. The van der Waals surface area contributed by atoms with Crippen molar-refractivity contribution in [2.75, 3.05) is 27.2 Å². The van der Waals surface area contributed by atoms with Crippen LogP contribution in [0.1, 0.15) is 40.4 Å². The maximum Gasteiger partial charge on any atom is 0.258 e. The van der Waals surface area contributed by atoms with E-state index in [0.717, 1.165) is 41.5 Å². The first-order chi connectivity index (χ1) is 15.5. The van der Waals surface area contributed by atoms with Gasteiger partial charge in [0.05, 0.1) is 18.3 Å². The zero-order valence-corrected chi connectivity index (χ0v) is 18.3. The molecule has 3 aromatic heterocycles. The Morgan fingerprint density at radius 1 is 1.22 bits per heavy atom. The number of benzene rings is 1. The third-order valence-corrected chi connectivity index (χ3v) is 6.28. The summed E-state index contributed by atoms with van der Waals surface area (Å²) in [4.78, 5) is 36.7. The van der Waals surface area contributed by atoms with Gasteiger partial charge >= 0.3 is 0 Å². The van der Waals surface area contributed by atoms with Crippen LogP contribution in [0.5, 0.6) is 0 Å². The second-order valence-corrected chi connectivity index (χ2v) is 8.58. The van der Waals surface area contributed by atoms with E-state index in [0.29, 0.717) is 24.2 Å². The molecule has 164 valence electrons. The van der Waals surface area contributed by atoms with E-state index in [1.54, 1.807) is 31.0 Å². The highest BCUT2D eigenvalue weighted by atomic mass is 16.2. The fourth-order valence-electron chi connectivity index (χ4n) is 4.61. The molecule has 0 bridgehead atoms. The second kappa shape index (κ2) is 8.11. The highest BCUT2D eigenvalue weighted by molar-refractivity contribution is 5.99. The van der Waals surface area contributed by atoms with Crippen LogP contribution < -0.4 is 0 Å². The van der Waals surface area contributed by atoms with Crippen LogP contribution in [0.25, 0.3) is 16.6 Å². The first kappa shape index (κ1) is 20.2. The average molecular weight is 431 g/mol. The Labute approximate surface area is 185 Å². The average Bonchev–Trinajstić information content (AvgIpc) is 3.43. The van der Waals surface area contributed by atoms with Gasteiger partial charge in [-0.1, -0.05) is 18.2 Å². The van der Waals surface area contributed by atoms with Crippen molar-refractivity contribution < 1.29 is 9.59 Å². The number of likely N-dealkylation sites (tertiary alicyclic amines) is 1. The fourth-order valence-corrected chi connectivity index (χ4v) is 4.61. The maximum atomic E-state index is 13.1. The molecule has 0 unspecified atom stereocenters. The van der Waals surface area contributed by atoms with Gasteiger partial charge in [-0.05, 0) is 30.5 Å². The molecule has 0 aliphatic carbocycles. The molecule has 2 amide bonds. The Kier molecular flexibility index (Phi) is 5.13. The molecule has 8 heteroatoms. The molecule has 1 aliphatic rings. The van der Waals surface area contributed by atoms with Gasteiger partial charge in [0.2, 0.25) is 5.91 Å². The number of H-pyrrole nitrogens is 1. The molecule has 4 heterocycles. The Bertz CT molecular complexity index is 1300. The molecule has 8 nitrogen and oxygen atoms in total. The zero-order chi connectivity index (χ0) is 22.2. The molecule has 32 heavy (non-hydrogen) atoms. The number of nitrogens with one attached hydrogen (secondary N) is 1. The van der Waals surface area contributed by atoms with Crippen LogP contribution in [0.3, 0.4) is 0 Å². The molecule has 0 radical (unpaired) electrons. The Morgan fingerprint density at radius 3 is 2.91 bits per heavy atom. The predicted octanol–water partition coefficient (Wildman–Crippen LogP) is 2.86. The SMILES string of the molecule is CN(C)C(=O)c1cnn2c([C@H]3CCCN(C(=O)Cc4c[nH]c5ccccc45)C3)ccnc12. The van der Waals surface area contributed by atoms with Crippen LogP contribution in [0.4, 0.5) is 0 Å². The highest BCUT2D eigenvalue weighted by Crippen LogP contribution is 2.28. The largest absolute Gasteiger partial charge is 0.361 e. The monoisotopic (exact) mass is 430 g/mol. The molecule has 1 aromatic carbocycles. The van der Waals surface area contributed by atoms with Crippen LogP contribution in [0.15, 0.2) is 48.9 Å². The third kappa shape index (κ3) is 3.51. The van der Waals surface area contributed by atoms with Crippen LogP contribution in [-0.2, 0) is 11.2 Å². The molecule has 0 saturated carbocycles. The van der Waals surface area contributed by atoms with Gasteiger partial charge in [-0.15, -0.1) is 0 Å². The van der Waals surface area contributed by atoms with E-state index in [1.807, 2.05) is 41.4 Å². The topological polar surface area (TPSA) is 86.6 Å². The van der Waals surface area contributed by atoms with Crippen molar-refractivity contribution in [1.29, 1.82) is 0 Å². The number of nitrogens with zero attached hydrogens (tertiary/aromatic N) is 5. The molecular weight excluding hydrogens is 404 g/mol. The number of piperidine rings is 1. The Balaban J connectivity index is 1.37. The standard InChI is InChI=1S/C24H26N6O2/c1-28(2)24(32)19-14-27-30-21(9-10-25-23(19)30)16-6-5-11-29(15-16)22(31)12-17-13-26-20-8-4-3-7-18(17)20/h3-4,7-10,13-14,16,26H,5-6,11-12,15H2,1-2H3/t16-/m0/s1. The van der Waals surface area contributed by atoms with Crippen LogP contribution in [0.2, 0.25) is 0 Å². The lowest BCUT2D eigenvalue weighted by atomic mass is 9.94. The molecule has 1 atom stereocenters. The third-order valence-electron chi connectivity index (χ3n) is 6.28. The van der Waals surface area contributed by atoms with Crippen molar-refractivity contribution in [3.05, 3.63) is 65.7 Å². The van der Waals surface area contributed by atoms with Gasteiger partial charge in [-0.3, -0.25) is 9.59 Å². The summed E-state index contributed by atoms with van der Waals surface area (Å²) in [7, 11) is 3.43. The minimum Gasteiger partial charge on any atom is -0.361 e. The predicted molar refractivity (Wildman–Crippen MR) is 122 cm³/mol. The fraction of sp³-hybridized carbons (Fsp3) is 0.333. The summed E-state index contributed by atoms with van der Waals surface area (Å²) in [5.74, 6) is 0.154. The Morgan fingerprint density at radius 2 is 2.06 bits per heavy atom. The number of aromatic amines is 1. The van der Waals surface area contributed by atoms with E-state index < -0.39 is 0 Å². The van der Waals surface area contributed by atoms with Gasteiger partial charge in [0.25, 0.3) is 5.91 Å². The number of hydrogen-bond donors (Lipinski definition) is 1. The summed E-state index contributed by atoms with van der Waals surface area (Å²) in [5, 5.41) is 5.56. The molecular formula is C24H26N6O2. The maximum absolute atomic E-state index is 13.1. The van der Waals surface area contributed by atoms with Crippen molar-refractivity contribution in [2.24, 2.45) is 0 Å². The zero-order valence-electron chi connectivity index (χ0n) is 18.3. The smallest absolute Gasteiger partial charge is 0.258 e. The normalized spacial score (nSPS) is 16.6. The van der Waals surface area contributed by atoms with Gasteiger partial charge in [0.1, 0.15) is 5.56 Å². The number of rotatable bonds is 4. The van der Waals surface area contributed by atoms with Gasteiger partial charge < -0.3 is 14.8 Å². The summed E-state index contributed by atoms with van der Waals surface area (Å²) in [6.45, 7) is 1.40. The summed E-state index contributed by atoms with van der Waals surface area (Å²) in [6.07, 6.45) is 7.52. The highest BCUT2D eigenvalue weighted by Gasteiger charge is 2.28. The lowest BCUT2D eigenvalue weighted by Gasteiger charge is -2.33. The van der Waals surface area contributed by atoms with E-state index in [2.05, 4.69) is 15.1 Å². The van der Waals surface area contributed by atoms with Gasteiger partial charge in [0.15, 0.2) is 5.65 Å². The minimum absolute atomic E-state index is 0.121. The van der Waals surface area contributed by atoms with Crippen LogP contribution >= 0.6 is 0 Å². The summed E-state index contributed by atoms with van der Waals surface area (Å²) >= 11 is 0. The summed E-state index contributed by atoms with van der Waals surface area (Å²) in [6, 6.07) is 10.00. The number of amides is 2. The van der Waals surface area contributed by atoms with Crippen LogP contribution in [0, 0.1) is 0 Å². The second-order valence-electron chi connectivity index (χ2n) is 8.58. The number of fused-ring (bicyclic) bond motifs is 2. The first-order valence-electron chi connectivity index (χ1n) is 10.9. The van der Waals surface area contributed by atoms with E-state index in [4.69, 9.17) is 0 Å². The lowest BCUT2D eigenvalue weighted by molar-refractivity contribution is -0.131. The first-order valence-corrected chi connectivity index (χ1v) is 10.9. The molecule has 1 N–H and O–H groups in total. The van der Waals surface area contributed by atoms with Gasteiger partial charge in [-0.2, -0.15) is 5.10 Å². The lowest BCUT2D eigenvalue weighted by Crippen LogP contribution is -2.40. The van der Waals surface area contributed by atoms with Gasteiger partial charge in [0, 0.05) is 56.4 Å². The molecule has 5 rings (SSSR count). The van der Waals surface area contributed by atoms with E-state index in [-0.39, 0.29) is 17.7 Å². The van der Waals surface area contributed by atoms with Crippen molar-refractivity contribution in [3.8, 4) is 0 Å². The number of carbonyl (C=O) groups excluding carboxylic acids is 2. The van der Waals surface area contributed by atoms with Gasteiger partial charge in [-0.25, -0.2) is 9.50 Å². The van der Waals surface area contributed by atoms with E-state index in [1.165, 1.54) is 4.90 Å². The van der Waals surface area contributed by atoms with Crippen molar-refractivity contribution >= 4 is 28.4 Å². The molecule has 4 aromatic rings. The van der Waals surface area contributed by atoms with Crippen LogP contribution in [-0.4, -0.2) is 68.4 Å². The summed E-state index contributed by atoms with van der Waals surface area (Å²) in [5.41, 5.74) is 4.10. The molecule has 0 spiro atoms. The Hall–Kier alpha value is -3.68. The van der Waals surface area contributed by atoms with E-state index in [9.17, 15) is 9.59 Å². The summed E-state index contributed by atoms with van der Waals surface area (Å²) < 4.78 is 1.76. The molecule has 1 saturated heterocycles. The minimum atomic E-state index is -0.121. The number of hydrogen-bond acceptors (Lipinski definition) is 4.